The van der Waals surface area contributed by atoms with Crippen molar-refractivity contribution >= 4 is 17.7 Å². The number of benzene rings is 3. The lowest BCUT2D eigenvalue weighted by atomic mass is 9.96. The molecule has 172 valence electrons. The number of anilines is 1. The third kappa shape index (κ3) is 5.15. The molecule has 0 fully saturated rings. The minimum absolute atomic E-state index is 0.0576. The van der Waals surface area contributed by atoms with Gasteiger partial charge in [0, 0.05) is 5.56 Å². The first-order valence-electron chi connectivity index (χ1n) is 10.8. The molecule has 0 aliphatic rings. The molecular weight excluding hydrogens is 432 g/mol. The van der Waals surface area contributed by atoms with Crippen molar-refractivity contribution in [1.29, 1.82) is 0 Å². The van der Waals surface area contributed by atoms with E-state index in [1.54, 1.807) is 13.8 Å². The van der Waals surface area contributed by atoms with E-state index in [0.717, 1.165) is 27.8 Å². The van der Waals surface area contributed by atoms with E-state index < -0.39 is 18.2 Å². The van der Waals surface area contributed by atoms with Crippen LogP contribution < -0.4 is 5.32 Å². The smallest absolute Gasteiger partial charge is 0.412 e. The van der Waals surface area contributed by atoms with Crippen molar-refractivity contribution in [2.75, 3.05) is 5.32 Å². The molecule has 7 nitrogen and oxygen atoms in total. The summed E-state index contributed by atoms with van der Waals surface area (Å²) in [6.45, 7) is 3.51. The molecule has 1 unspecified atom stereocenters. The van der Waals surface area contributed by atoms with Crippen molar-refractivity contribution in [2.45, 2.75) is 26.4 Å². The molecule has 4 rings (SSSR count). The summed E-state index contributed by atoms with van der Waals surface area (Å²) >= 11 is 0. The van der Waals surface area contributed by atoms with E-state index in [-0.39, 0.29) is 6.42 Å². The maximum Gasteiger partial charge on any atom is 0.412 e. The zero-order valence-corrected chi connectivity index (χ0v) is 18.8. The topological polar surface area (TPSA) is 102 Å². The minimum Gasteiger partial charge on any atom is -0.481 e. The average Bonchev–Trinajstić information content (AvgIpc) is 3.19. The summed E-state index contributed by atoms with van der Waals surface area (Å²) in [5.41, 5.74) is 5.01. The van der Waals surface area contributed by atoms with Crippen LogP contribution in [0.2, 0.25) is 0 Å². The second-order valence-corrected chi connectivity index (χ2v) is 7.85. The van der Waals surface area contributed by atoms with E-state index in [4.69, 9.17) is 9.26 Å². The second-order valence-electron chi connectivity index (χ2n) is 7.85. The Morgan fingerprint density at radius 2 is 1.62 bits per heavy atom. The van der Waals surface area contributed by atoms with Crippen molar-refractivity contribution in [2.24, 2.45) is 0 Å². The van der Waals surface area contributed by atoms with Gasteiger partial charge in [-0.3, -0.25) is 10.1 Å². The van der Waals surface area contributed by atoms with Gasteiger partial charge in [-0.1, -0.05) is 84.0 Å². The summed E-state index contributed by atoms with van der Waals surface area (Å²) < 4.78 is 10.8. The predicted molar refractivity (Wildman–Crippen MR) is 128 cm³/mol. The first-order chi connectivity index (χ1) is 16.4. The fourth-order valence-corrected chi connectivity index (χ4v) is 3.73. The highest BCUT2D eigenvalue weighted by molar-refractivity contribution is 5.91. The van der Waals surface area contributed by atoms with Crippen LogP contribution in [0, 0.1) is 6.92 Å². The third-order valence-electron chi connectivity index (χ3n) is 5.47. The summed E-state index contributed by atoms with van der Waals surface area (Å²) in [5, 5.41) is 16.1. The molecule has 0 saturated carbocycles. The number of nitrogens with zero attached hydrogens (tertiary/aromatic N) is 1. The Kier molecular flexibility index (Phi) is 6.73. The van der Waals surface area contributed by atoms with Gasteiger partial charge in [-0.2, -0.15) is 0 Å². The van der Waals surface area contributed by atoms with E-state index in [9.17, 15) is 14.7 Å². The van der Waals surface area contributed by atoms with E-state index in [1.807, 2.05) is 78.9 Å². The molecule has 1 amide bonds. The number of carbonyl (C=O) groups excluding carboxylic acids is 1. The Bertz CT molecular complexity index is 1300. The lowest BCUT2D eigenvalue weighted by Crippen LogP contribution is -2.16. The number of hydrogen-bond donors (Lipinski definition) is 2. The molecule has 3 aromatic carbocycles. The molecule has 1 aromatic heterocycles. The summed E-state index contributed by atoms with van der Waals surface area (Å²) in [6.07, 6.45) is -1.09. The maximum absolute atomic E-state index is 12.5. The van der Waals surface area contributed by atoms with Gasteiger partial charge in [-0.25, -0.2) is 4.79 Å². The van der Waals surface area contributed by atoms with Crippen molar-refractivity contribution < 1.29 is 24.0 Å². The van der Waals surface area contributed by atoms with E-state index in [1.165, 1.54) is 0 Å². The molecule has 7 heteroatoms. The number of carboxylic acid groups (broad SMARTS) is 1. The normalized spacial score (nSPS) is 11.6. The summed E-state index contributed by atoms with van der Waals surface area (Å²) in [5.74, 6) is -0.429. The molecule has 34 heavy (non-hydrogen) atoms. The molecule has 0 saturated heterocycles. The molecule has 0 spiro atoms. The van der Waals surface area contributed by atoms with Gasteiger partial charge >= 0.3 is 12.1 Å². The minimum atomic E-state index is -0.883. The number of aromatic nitrogens is 1. The Labute approximate surface area is 197 Å². The number of carboxylic acids is 1. The predicted octanol–water partition coefficient (Wildman–Crippen LogP) is 6.25. The average molecular weight is 456 g/mol. The van der Waals surface area contributed by atoms with Gasteiger partial charge < -0.3 is 14.4 Å². The highest BCUT2D eigenvalue weighted by Gasteiger charge is 2.20. The van der Waals surface area contributed by atoms with Gasteiger partial charge in [0.15, 0.2) is 5.76 Å². The largest absolute Gasteiger partial charge is 0.481 e. The van der Waals surface area contributed by atoms with Crippen molar-refractivity contribution in [3.63, 3.8) is 0 Å². The molecule has 4 aromatic rings. The first-order valence-corrected chi connectivity index (χ1v) is 10.8. The van der Waals surface area contributed by atoms with Crippen molar-refractivity contribution in [3.8, 4) is 22.4 Å². The zero-order valence-electron chi connectivity index (χ0n) is 18.8. The highest BCUT2D eigenvalue weighted by Crippen LogP contribution is 2.33. The Balaban J connectivity index is 1.53. The number of carbonyl (C=O) groups is 2. The van der Waals surface area contributed by atoms with Crippen LogP contribution in [0.25, 0.3) is 22.4 Å². The molecule has 2 N–H and O–H groups in total. The Morgan fingerprint density at radius 3 is 2.32 bits per heavy atom. The standard InChI is InChI=1S/C27H24N2O5/c1-17(19-8-4-3-5-9-19)33-27(32)28-25-18(2)34-29-26(25)21-14-12-20(13-15-21)23-11-7-6-10-22(23)16-24(30)31/h3-15,17H,16H2,1-2H3,(H,28,32)(H,30,31). The molecule has 0 radical (unpaired) electrons. The fourth-order valence-electron chi connectivity index (χ4n) is 3.73. The third-order valence-corrected chi connectivity index (χ3v) is 5.47. The zero-order chi connectivity index (χ0) is 24.1. The van der Waals surface area contributed by atoms with Crippen LogP contribution in [-0.4, -0.2) is 22.3 Å². The van der Waals surface area contributed by atoms with Crippen molar-refractivity contribution in [1.82, 2.24) is 5.16 Å². The number of aliphatic carboxylic acids is 1. The summed E-state index contributed by atoms with van der Waals surface area (Å²) in [6, 6.07) is 24.3. The maximum atomic E-state index is 12.5. The van der Waals surface area contributed by atoms with Crippen LogP contribution >= 0.6 is 0 Å². The molecular formula is C27H24N2O5. The number of nitrogens with one attached hydrogen (secondary N) is 1. The lowest BCUT2D eigenvalue weighted by molar-refractivity contribution is -0.136. The molecule has 0 aliphatic heterocycles. The molecule has 1 atom stereocenters. The van der Waals surface area contributed by atoms with Crippen LogP contribution in [0.3, 0.4) is 0 Å². The Morgan fingerprint density at radius 1 is 0.971 bits per heavy atom. The molecule has 1 heterocycles. The number of aryl methyl sites for hydroxylation is 1. The highest BCUT2D eigenvalue weighted by atomic mass is 16.6. The van der Waals surface area contributed by atoms with Gasteiger partial charge in [-0.15, -0.1) is 0 Å². The Hall–Kier alpha value is -4.39. The van der Waals surface area contributed by atoms with Gasteiger partial charge in [0.05, 0.1) is 6.42 Å². The van der Waals surface area contributed by atoms with Crippen LogP contribution in [-0.2, 0) is 16.0 Å². The number of hydrogen-bond acceptors (Lipinski definition) is 5. The molecule has 0 aliphatic carbocycles. The van der Waals surface area contributed by atoms with Crippen LogP contribution in [0.15, 0.2) is 83.4 Å². The van der Waals surface area contributed by atoms with Crippen molar-refractivity contribution in [3.05, 3.63) is 95.7 Å². The summed E-state index contributed by atoms with van der Waals surface area (Å²) in [7, 11) is 0. The number of amides is 1. The first kappa shape index (κ1) is 22.8. The SMILES string of the molecule is Cc1onc(-c2ccc(-c3ccccc3CC(=O)O)cc2)c1NC(=O)OC(C)c1ccccc1. The van der Waals surface area contributed by atoms with Crippen LogP contribution in [0.5, 0.6) is 0 Å². The van der Waals surface area contributed by atoms with E-state index in [0.29, 0.717) is 17.1 Å². The summed E-state index contributed by atoms with van der Waals surface area (Å²) in [4.78, 5) is 23.7. The van der Waals surface area contributed by atoms with E-state index >= 15 is 0 Å². The number of ether oxygens (including phenoxy) is 1. The van der Waals surface area contributed by atoms with Gasteiger partial charge in [0.1, 0.15) is 17.5 Å². The monoisotopic (exact) mass is 456 g/mol. The van der Waals surface area contributed by atoms with Crippen LogP contribution in [0.4, 0.5) is 10.5 Å². The lowest BCUT2D eigenvalue weighted by Gasteiger charge is -2.14. The van der Waals surface area contributed by atoms with Gasteiger partial charge in [-0.05, 0) is 36.1 Å². The van der Waals surface area contributed by atoms with E-state index in [2.05, 4.69) is 10.5 Å². The number of rotatable bonds is 7. The van der Waals surface area contributed by atoms with Gasteiger partial charge in [0.25, 0.3) is 0 Å². The van der Waals surface area contributed by atoms with Crippen LogP contribution in [0.1, 0.15) is 29.9 Å². The second kappa shape index (κ2) is 10.0. The fraction of sp³-hybridized carbons (Fsp3) is 0.148. The quantitative estimate of drug-likeness (QED) is 0.341. The molecule has 0 bridgehead atoms. The van der Waals surface area contributed by atoms with Gasteiger partial charge in [0.2, 0.25) is 0 Å².